The van der Waals surface area contributed by atoms with Crippen LogP contribution in [0.4, 0.5) is 10.1 Å². The second-order valence-corrected chi connectivity index (χ2v) is 13.5. The second-order valence-electron chi connectivity index (χ2n) is 13.5. The molecule has 0 radical (unpaired) electrons. The zero-order valence-electron chi connectivity index (χ0n) is 28.3. The lowest BCUT2D eigenvalue weighted by Gasteiger charge is -2.36. The molecule has 0 unspecified atom stereocenters. The number of carbonyl (C=O) groups is 4. The van der Waals surface area contributed by atoms with Gasteiger partial charge in [-0.1, -0.05) is 44.8 Å². The van der Waals surface area contributed by atoms with E-state index in [0.717, 1.165) is 32.1 Å². The van der Waals surface area contributed by atoms with Gasteiger partial charge < -0.3 is 30.5 Å². The summed E-state index contributed by atoms with van der Waals surface area (Å²) in [6.45, 7) is 8.73. The van der Waals surface area contributed by atoms with Gasteiger partial charge in [0, 0.05) is 38.7 Å². The molecule has 1 aromatic carbocycles. The number of hydrogen-bond acceptors (Lipinski definition) is 9. The molecule has 13 nitrogen and oxygen atoms in total. The molecule has 1 aromatic heterocycles. The van der Waals surface area contributed by atoms with Crippen molar-refractivity contribution in [2.75, 3.05) is 45.2 Å². The number of ether oxygens (including phenoxy) is 1. The number of benzene rings is 1. The first-order valence-electron chi connectivity index (χ1n) is 17.2. The number of piperazine rings is 1. The highest BCUT2D eigenvalue weighted by molar-refractivity contribution is 6.01. The van der Waals surface area contributed by atoms with E-state index in [0.29, 0.717) is 62.8 Å². The predicted octanol–water partition coefficient (Wildman–Crippen LogP) is 2.88. The van der Waals surface area contributed by atoms with Crippen molar-refractivity contribution in [1.82, 2.24) is 30.7 Å². The van der Waals surface area contributed by atoms with E-state index in [4.69, 9.17) is 9.37 Å². The van der Waals surface area contributed by atoms with Gasteiger partial charge in [-0.05, 0) is 73.8 Å². The first-order valence-corrected chi connectivity index (χ1v) is 17.2. The van der Waals surface area contributed by atoms with Crippen LogP contribution in [0.1, 0.15) is 87.0 Å². The third-order valence-electron chi connectivity index (χ3n) is 10.1. The molecule has 5 rings (SSSR count). The molecule has 14 heteroatoms. The van der Waals surface area contributed by atoms with Gasteiger partial charge in [-0.25, -0.2) is 9.02 Å². The van der Waals surface area contributed by atoms with Crippen LogP contribution in [0.5, 0.6) is 0 Å². The monoisotopic (exact) mass is 669 g/mol. The van der Waals surface area contributed by atoms with E-state index >= 15 is 4.39 Å². The normalized spacial score (nSPS) is 23.6. The molecule has 3 aliphatic rings. The molecule has 2 aliphatic heterocycles. The van der Waals surface area contributed by atoms with Crippen molar-refractivity contribution >= 4 is 29.3 Å². The molecule has 2 saturated heterocycles. The number of nitrogens with zero attached hydrogens (tertiary/aromatic N) is 4. The number of amides is 4. The average molecular weight is 670 g/mol. The molecule has 2 aromatic rings. The van der Waals surface area contributed by atoms with Crippen molar-refractivity contribution in [3.05, 3.63) is 41.0 Å². The Morgan fingerprint density at radius 1 is 1.02 bits per heavy atom. The number of halogens is 1. The quantitative estimate of drug-likeness (QED) is 0.327. The molecule has 1 aliphatic carbocycles. The van der Waals surface area contributed by atoms with Gasteiger partial charge in [0.15, 0.2) is 5.69 Å². The number of carbonyl (C=O) groups excluding carboxylic acids is 4. The Morgan fingerprint density at radius 2 is 1.75 bits per heavy atom. The Balaban J connectivity index is 1.33. The number of aryl methyl sites for hydroxylation is 1. The lowest BCUT2D eigenvalue weighted by Crippen LogP contribution is -2.56. The number of aromatic nitrogens is 2. The van der Waals surface area contributed by atoms with Crippen LogP contribution in [0.2, 0.25) is 0 Å². The van der Waals surface area contributed by atoms with Crippen molar-refractivity contribution in [2.24, 2.45) is 11.8 Å². The van der Waals surface area contributed by atoms with E-state index in [1.165, 1.54) is 12.1 Å². The highest BCUT2D eigenvalue weighted by Crippen LogP contribution is 2.32. The topological polar surface area (TPSA) is 159 Å². The van der Waals surface area contributed by atoms with Gasteiger partial charge in [-0.15, -0.1) is 0 Å². The summed E-state index contributed by atoms with van der Waals surface area (Å²) in [5, 5.41) is 15.9. The number of anilines is 1. The summed E-state index contributed by atoms with van der Waals surface area (Å²) in [5.74, 6) is -2.60. The van der Waals surface area contributed by atoms with E-state index in [9.17, 15) is 19.2 Å². The summed E-state index contributed by atoms with van der Waals surface area (Å²) >= 11 is 0. The SMILES string of the molecule is CCc1nonc1C(=O)N[C@H](C(=O)Nc1ccc([C@H](C)[C@@H](NC(=O)[C@@H]2CCCO2)C(=O)N2CCN(C)CC2)cc1F)C1CCC(C)CC1. The highest BCUT2D eigenvalue weighted by Gasteiger charge is 2.37. The minimum atomic E-state index is -0.933. The lowest BCUT2D eigenvalue weighted by molar-refractivity contribution is -0.140. The Hall–Kier alpha value is -3.91. The molecule has 0 bridgehead atoms. The Labute approximate surface area is 280 Å². The van der Waals surface area contributed by atoms with Gasteiger partial charge in [0.2, 0.25) is 17.7 Å². The summed E-state index contributed by atoms with van der Waals surface area (Å²) in [4.78, 5) is 57.6. The standard InChI is InChI=1S/C34H48FN7O6/c1-5-25-30(40-48-39-25)33(45)38-29(22-10-8-20(2)9-11-22)32(44)36-26-13-12-23(19-24(26)35)21(3)28(37-31(43)27-7-6-18-47-27)34(46)42-16-14-41(4)15-17-42/h12-13,19-22,27-29H,5-11,14-18H2,1-4H3,(H,36,44)(H,37,43)(H,38,45)/t20?,21-,22?,27-,28+,29-/m0/s1. The second kappa shape index (κ2) is 16.0. The van der Waals surface area contributed by atoms with E-state index in [1.54, 1.807) is 17.9 Å². The number of nitrogens with one attached hydrogen (secondary N) is 3. The maximum atomic E-state index is 15.7. The molecule has 4 atom stereocenters. The molecule has 4 amide bonds. The molecule has 262 valence electrons. The lowest BCUT2D eigenvalue weighted by atomic mass is 9.79. The minimum Gasteiger partial charge on any atom is -0.368 e. The smallest absolute Gasteiger partial charge is 0.276 e. The molecule has 3 fully saturated rings. The van der Waals surface area contributed by atoms with Crippen molar-refractivity contribution in [2.45, 2.75) is 89.8 Å². The van der Waals surface area contributed by atoms with Crippen molar-refractivity contribution in [3.8, 4) is 0 Å². The number of likely N-dealkylation sites (N-methyl/N-ethyl adjacent to an activating group) is 1. The van der Waals surface area contributed by atoms with Crippen LogP contribution in [0.3, 0.4) is 0 Å². The molecule has 0 spiro atoms. The van der Waals surface area contributed by atoms with Crippen LogP contribution in [0.25, 0.3) is 0 Å². The fourth-order valence-electron chi connectivity index (χ4n) is 6.81. The van der Waals surface area contributed by atoms with Crippen LogP contribution >= 0.6 is 0 Å². The van der Waals surface area contributed by atoms with Crippen LogP contribution < -0.4 is 16.0 Å². The summed E-state index contributed by atoms with van der Waals surface area (Å²) in [6.07, 6.45) is 4.44. The maximum Gasteiger partial charge on any atom is 0.276 e. The van der Waals surface area contributed by atoms with Crippen LogP contribution in [0, 0.1) is 17.7 Å². The number of rotatable bonds is 11. The average Bonchev–Trinajstić information content (AvgIpc) is 3.80. The summed E-state index contributed by atoms with van der Waals surface area (Å²) in [6, 6.07) is 2.53. The fraction of sp³-hybridized carbons (Fsp3) is 0.647. The first-order chi connectivity index (χ1) is 23.0. The molecule has 48 heavy (non-hydrogen) atoms. The maximum absolute atomic E-state index is 15.7. The number of hydrogen-bond donors (Lipinski definition) is 3. The van der Waals surface area contributed by atoms with E-state index < -0.39 is 41.7 Å². The van der Waals surface area contributed by atoms with Crippen molar-refractivity contribution in [1.29, 1.82) is 0 Å². The van der Waals surface area contributed by atoms with Gasteiger partial charge in [0.25, 0.3) is 5.91 Å². The summed E-state index contributed by atoms with van der Waals surface area (Å²) in [7, 11) is 1.99. The van der Waals surface area contributed by atoms with Crippen LogP contribution in [-0.2, 0) is 25.5 Å². The van der Waals surface area contributed by atoms with Crippen LogP contribution in [-0.4, -0.2) is 102 Å². The molecule has 3 N–H and O–H groups in total. The molecular weight excluding hydrogens is 621 g/mol. The van der Waals surface area contributed by atoms with Gasteiger partial charge >= 0.3 is 0 Å². The van der Waals surface area contributed by atoms with Gasteiger partial charge in [0.05, 0.1) is 5.69 Å². The van der Waals surface area contributed by atoms with Gasteiger partial charge in [0.1, 0.15) is 29.7 Å². The van der Waals surface area contributed by atoms with E-state index in [1.807, 2.05) is 14.0 Å². The third kappa shape index (κ3) is 8.38. The fourth-order valence-corrected chi connectivity index (χ4v) is 6.81. The van der Waals surface area contributed by atoms with Crippen molar-refractivity contribution < 1.29 is 32.9 Å². The van der Waals surface area contributed by atoms with Crippen molar-refractivity contribution in [3.63, 3.8) is 0 Å². The molecule has 3 heterocycles. The summed E-state index contributed by atoms with van der Waals surface area (Å²) < 4.78 is 26.0. The molecular formula is C34H48FN7O6. The third-order valence-corrected chi connectivity index (χ3v) is 10.1. The molecule has 1 saturated carbocycles. The summed E-state index contributed by atoms with van der Waals surface area (Å²) in [5.41, 5.74) is 0.844. The van der Waals surface area contributed by atoms with E-state index in [-0.39, 0.29) is 29.1 Å². The Kier molecular flexibility index (Phi) is 11.8. The van der Waals surface area contributed by atoms with Gasteiger partial charge in [-0.3, -0.25) is 19.2 Å². The highest BCUT2D eigenvalue weighted by atomic mass is 19.1. The zero-order valence-corrected chi connectivity index (χ0v) is 28.3. The minimum absolute atomic E-state index is 0.0243. The first kappa shape index (κ1) is 35.4. The Morgan fingerprint density at radius 3 is 2.40 bits per heavy atom. The largest absolute Gasteiger partial charge is 0.368 e. The predicted molar refractivity (Wildman–Crippen MR) is 174 cm³/mol. The Bertz CT molecular complexity index is 1450. The zero-order chi connectivity index (χ0) is 34.4. The van der Waals surface area contributed by atoms with Gasteiger partial charge in [-0.2, -0.15) is 0 Å². The van der Waals surface area contributed by atoms with E-state index in [2.05, 4.69) is 38.1 Å². The van der Waals surface area contributed by atoms with Crippen LogP contribution in [0.15, 0.2) is 22.8 Å².